The third-order valence-corrected chi connectivity index (χ3v) is 2.91. The molecular formula is C12H23N3O2. The molecule has 1 saturated heterocycles. The summed E-state index contributed by atoms with van der Waals surface area (Å²) in [4.78, 5) is 24.6. The molecule has 1 unspecified atom stereocenters. The van der Waals surface area contributed by atoms with Gasteiger partial charge in [0.25, 0.3) is 0 Å². The number of rotatable bonds is 6. The van der Waals surface area contributed by atoms with Crippen LogP contribution < -0.4 is 11.1 Å². The molecule has 0 aromatic heterocycles. The van der Waals surface area contributed by atoms with Gasteiger partial charge in [-0.1, -0.05) is 13.8 Å². The van der Waals surface area contributed by atoms with Crippen molar-refractivity contribution in [2.75, 3.05) is 26.2 Å². The van der Waals surface area contributed by atoms with E-state index in [0.717, 1.165) is 19.5 Å². The van der Waals surface area contributed by atoms with Gasteiger partial charge in [-0.05, 0) is 31.3 Å². The summed E-state index contributed by atoms with van der Waals surface area (Å²) in [7, 11) is 0. The minimum atomic E-state index is -0.441. The Morgan fingerprint density at radius 3 is 2.65 bits per heavy atom. The van der Waals surface area contributed by atoms with Gasteiger partial charge < -0.3 is 16.0 Å². The van der Waals surface area contributed by atoms with Gasteiger partial charge in [-0.3, -0.25) is 9.59 Å². The van der Waals surface area contributed by atoms with Gasteiger partial charge in [0.1, 0.15) is 0 Å². The van der Waals surface area contributed by atoms with Crippen LogP contribution in [-0.2, 0) is 9.59 Å². The van der Waals surface area contributed by atoms with Crippen molar-refractivity contribution in [2.45, 2.75) is 26.7 Å². The van der Waals surface area contributed by atoms with E-state index in [2.05, 4.69) is 5.32 Å². The molecule has 0 radical (unpaired) electrons. The van der Waals surface area contributed by atoms with Crippen molar-refractivity contribution < 1.29 is 9.59 Å². The van der Waals surface area contributed by atoms with Crippen molar-refractivity contribution in [1.82, 2.24) is 10.2 Å². The highest BCUT2D eigenvalue weighted by atomic mass is 16.2. The fourth-order valence-electron chi connectivity index (χ4n) is 2.15. The van der Waals surface area contributed by atoms with Gasteiger partial charge in [0.2, 0.25) is 11.8 Å². The van der Waals surface area contributed by atoms with Crippen molar-refractivity contribution in [3.05, 3.63) is 0 Å². The first-order chi connectivity index (χ1) is 7.99. The lowest BCUT2D eigenvalue weighted by Crippen LogP contribution is -2.41. The monoisotopic (exact) mass is 241 g/mol. The first kappa shape index (κ1) is 14.0. The molecule has 3 N–H and O–H groups in total. The number of nitrogens with one attached hydrogen (secondary N) is 1. The standard InChI is InChI=1S/C12H23N3O2/c1-9(2)7-15(8-11(13)16)12(17)5-10-3-4-14-6-10/h9-10,14H,3-8H2,1-2H3,(H2,13,16). The maximum atomic E-state index is 12.1. The molecule has 0 aliphatic carbocycles. The lowest BCUT2D eigenvalue weighted by Gasteiger charge is -2.24. The molecule has 1 aliphatic heterocycles. The van der Waals surface area contributed by atoms with E-state index in [0.29, 0.717) is 24.8 Å². The topological polar surface area (TPSA) is 75.4 Å². The fraction of sp³-hybridized carbons (Fsp3) is 0.833. The van der Waals surface area contributed by atoms with Gasteiger partial charge in [-0.15, -0.1) is 0 Å². The number of carbonyl (C=O) groups excluding carboxylic acids is 2. The van der Waals surface area contributed by atoms with Crippen LogP contribution in [0.5, 0.6) is 0 Å². The zero-order chi connectivity index (χ0) is 12.8. The van der Waals surface area contributed by atoms with Crippen LogP contribution in [0, 0.1) is 11.8 Å². The molecule has 1 fully saturated rings. The van der Waals surface area contributed by atoms with E-state index in [-0.39, 0.29) is 12.5 Å². The zero-order valence-electron chi connectivity index (χ0n) is 10.7. The van der Waals surface area contributed by atoms with E-state index in [1.54, 1.807) is 4.90 Å². The summed E-state index contributed by atoms with van der Waals surface area (Å²) in [5.74, 6) is 0.361. The lowest BCUT2D eigenvalue weighted by molar-refractivity contribution is -0.136. The van der Waals surface area contributed by atoms with E-state index in [4.69, 9.17) is 5.73 Å². The maximum Gasteiger partial charge on any atom is 0.237 e. The first-order valence-electron chi connectivity index (χ1n) is 6.25. The molecular weight excluding hydrogens is 218 g/mol. The van der Waals surface area contributed by atoms with E-state index >= 15 is 0 Å². The van der Waals surface area contributed by atoms with Gasteiger partial charge >= 0.3 is 0 Å². The predicted molar refractivity (Wildman–Crippen MR) is 66.2 cm³/mol. The van der Waals surface area contributed by atoms with E-state index in [1.165, 1.54) is 0 Å². The van der Waals surface area contributed by atoms with Crippen molar-refractivity contribution >= 4 is 11.8 Å². The average Bonchev–Trinajstić information content (AvgIpc) is 2.67. The number of nitrogens with two attached hydrogens (primary N) is 1. The molecule has 0 aromatic carbocycles. The average molecular weight is 241 g/mol. The first-order valence-corrected chi connectivity index (χ1v) is 6.25. The van der Waals surface area contributed by atoms with Gasteiger partial charge in [0.05, 0.1) is 6.54 Å². The van der Waals surface area contributed by atoms with Crippen LogP contribution in [0.4, 0.5) is 0 Å². The molecule has 0 saturated carbocycles. The third kappa shape index (κ3) is 5.17. The van der Waals surface area contributed by atoms with Crippen LogP contribution in [0.2, 0.25) is 0 Å². The molecule has 1 heterocycles. The molecule has 98 valence electrons. The van der Waals surface area contributed by atoms with E-state index in [1.807, 2.05) is 13.8 Å². The van der Waals surface area contributed by atoms with Crippen molar-refractivity contribution in [1.29, 1.82) is 0 Å². The highest BCUT2D eigenvalue weighted by Crippen LogP contribution is 2.14. The molecule has 0 bridgehead atoms. The third-order valence-electron chi connectivity index (χ3n) is 2.91. The predicted octanol–water partition coefficient (Wildman–Crippen LogP) is -0.0441. The fourth-order valence-corrected chi connectivity index (χ4v) is 2.15. The molecule has 0 aromatic rings. The van der Waals surface area contributed by atoms with Crippen molar-refractivity contribution in [3.8, 4) is 0 Å². The Balaban J connectivity index is 2.48. The zero-order valence-corrected chi connectivity index (χ0v) is 10.7. The Labute approximate surface area is 103 Å². The second-order valence-electron chi connectivity index (χ2n) is 5.20. The summed E-state index contributed by atoms with van der Waals surface area (Å²) in [5.41, 5.74) is 5.17. The Hall–Kier alpha value is -1.10. The van der Waals surface area contributed by atoms with Crippen LogP contribution in [0.15, 0.2) is 0 Å². The molecule has 1 aliphatic rings. The highest BCUT2D eigenvalue weighted by molar-refractivity contribution is 5.83. The quantitative estimate of drug-likeness (QED) is 0.685. The largest absolute Gasteiger partial charge is 0.368 e. The lowest BCUT2D eigenvalue weighted by atomic mass is 10.0. The highest BCUT2D eigenvalue weighted by Gasteiger charge is 2.23. The second kappa shape index (κ2) is 6.59. The maximum absolute atomic E-state index is 12.1. The molecule has 17 heavy (non-hydrogen) atoms. The van der Waals surface area contributed by atoms with Crippen LogP contribution in [0.1, 0.15) is 26.7 Å². The molecule has 2 amide bonds. The van der Waals surface area contributed by atoms with Gasteiger partial charge in [0, 0.05) is 13.0 Å². The number of hydrogen-bond donors (Lipinski definition) is 2. The number of nitrogens with zero attached hydrogens (tertiary/aromatic N) is 1. The van der Waals surface area contributed by atoms with E-state index in [9.17, 15) is 9.59 Å². The number of amides is 2. The van der Waals surface area contributed by atoms with Crippen molar-refractivity contribution in [3.63, 3.8) is 0 Å². The molecule has 0 spiro atoms. The molecule has 1 rings (SSSR count). The number of carbonyl (C=O) groups is 2. The summed E-state index contributed by atoms with van der Waals surface area (Å²) in [6.07, 6.45) is 1.56. The van der Waals surface area contributed by atoms with Crippen LogP contribution >= 0.6 is 0 Å². The second-order valence-corrected chi connectivity index (χ2v) is 5.20. The van der Waals surface area contributed by atoms with Crippen molar-refractivity contribution in [2.24, 2.45) is 17.6 Å². The van der Waals surface area contributed by atoms with Crippen LogP contribution in [-0.4, -0.2) is 42.9 Å². The minimum Gasteiger partial charge on any atom is -0.368 e. The SMILES string of the molecule is CC(C)CN(CC(N)=O)C(=O)CC1CCNC1. The van der Waals surface area contributed by atoms with Gasteiger partial charge in [-0.2, -0.15) is 0 Å². The smallest absolute Gasteiger partial charge is 0.237 e. The van der Waals surface area contributed by atoms with Crippen LogP contribution in [0.3, 0.4) is 0 Å². The Kier molecular flexibility index (Phi) is 5.41. The summed E-state index contributed by atoms with van der Waals surface area (Å²) in [6, 6.07) is 0. The Bertz CT molecular complexity index is 273. The normalized spacial score (nSPS) is 19.6. The summed E-state index contributed by atoms with van der Waals surface area (Å²) in [5, 5.41) is 3.24. The molecule has 5 nitrogen and oxygen atoms in total. The minimum absolute atomic E-state index is 0.0389. The van der Waals surface area contributed by atoms with Gasteiger partial charge in [-0.25, -0.2) is 0 Å². The Morgan fingerprint density at radius 1 is 1.47 bits per heavy atom. The number of hydrogen-bond acceptors (Lipinski definition) is 3. The van der Waals surface area contributed by atoms with Gasteiger partial charge in [0.15, 0.2) is 0 Å². The Morgan fingerprint density at radius 2 is 2.18 bits per heavy atom. The van der Waals surface area contributed by atoms with Crippen LogP contribution in [0.25, 0.3) is 0 Å². The number of primary amides is 1. The van der Waals surface area contributed by atoms with E-state index < -0.39 is 5.91 Å². The molecule has 5 heteroatoms. The summed E-state index contributed by atoms with van der Waals surface area (Å²) in [6.45, 7) is 6.58. The summed E-state index contributed by atoms with van der Waals surface area (Å²) < 4.78 is 0. The molecule has 1 atom stereocenters. The summed E-state index contributed by atoms with van der Waals surface area (Å²) >= 11 is 0.